The monoisotopic (exact) mass is 370 g/mol. The number of benzene rings is 1. The SMILES string of the molecule is O=C(CCS(=O)(=O)C1CCCC1)NC[C@H](O)c1ccc([N+](=O)[O-])cc1. The number of non-ortho nitro benzene ring substituents is 1. The summed E-state index contributed by atoms with van der Waals surface area (Å²) in [4.78, 5) is 21.9. The molecule has 0 saturated heterocycles. The van der Waals surface area contributed by atoms with E-state index in [1.165, 1.54) is 24.3 Å². The Morgan fingerprint density at radius 3 is 2.44 bits per heavy atom. The van der Waals surface area contributed by atoms with Gasteiger partial charge in [-0.25, -0.2) is 8.42 Å². The zero-order valence-corrected chi connectivity index (χ0v) is 14.6. The number of nitrogens with one attached hydrogen (secondary N) is 1. The maximum absolute atomic E-state index is 12.1. The van der Waals surface area contributed by atoms with Gasteiger partial charge >= 0.3 is 0 Å². The number of hydrogen-bond acceptors (Lipinski definition) is 6. The molecule has 0 unspecified atom stereocenters. The lowest BCUT2D eigenvalue weighted by molar-refractivity contribution is -0.384. The Balaban J connectivity index is 1.78. The maximum Gasteiger partial charge on any atom is 0.269 e. The standard InChI is InChI=1S/C16H22N2O6S/c19-15(12-5-7-13(8-6-12)18(21)22)11-17-16(20)9-10-25(23,24)14-3-1-2-4-14/h5-8,14-15,19H,1-4,9-11H2,(H,17,20)/t15-/m0/s1. The third-order valence-electron chi connectivity index (χ3n) is 4.40. The van der Waals surface area contributed by atoms with Gasteiger partial charge in [-0.3, -0.25) is 14.9 Å². The van der Waals surface area contributed by atoms with Crippen LogP contribution in [0.1, 0.15) is 43.8 Å². The smallest absolute Gasteiger partial charge is 0.269 e. The van der Waals surface area contributed by atoms with E-state index in [2.05, 4.69) is 5.32 Å². The van der Waals surface area contributed by atoms with Gasteiger partial charge in [0.05, 0.1) is 22.0 Å². The molecule has 0 bridgehead atoms. The molecule has 1 aromatic carbocycles. The second kappa shape index (κ2) is 8.39. The van der Waals surface area contributed by atoms with Crippen LogP contribution < -0.4 is 5.32 Å². The van der Waals surface area contributed by atoms with Crippen molar-refractivity contribution >= 4 is 21.4 Å². The molecule has 0 aliphatic heterocycles. The molecule has 1 amide bonds. The van der Waals surface area contributed by atoms with Crippen molar-refractivity contribution in [1.82, 2.24) is 5.32 Å². The molecule has 2 rings (SSSR count). The van der Waals surface area contributed by atoms with Crippen LogP contribution in [0.2, 0.25) is 0 Å². The van der Waals surface area contributed by atoms with Crippen molar-refractivity contribution < 1.29 is 23.2 Å². The molecule has 0 spiro atoms. The summed E-state index contributed by atoms with van der Waals surface area (Å²) in [7, 11) is -3.25. The Bertz CT molecular complexity index is 711. The molecule has 2 N–H and O–H groups in total. The molecular formula is C16H22N2O6S. The Labute approximate surface area is 146 Å². The number of hydrogen-bond donors (Lipinski definition) is 2. The highest BCUT2D eigenvalue weighted by molar-refractivity contribution is 7.92. The highest BCUT2D eigenvalue weighted by atomic mass is 32.2. The lowest BCUT2D eigenvalue weighted by Crippen LogP contribution is -2.31. The Morgan fingerprint density at radius 2 is 1.88 bits per heavy atom. The molecule has 1 atom stereocenters. The summed E-state index contributed by atoms with van der Waals surface area (Å²) in [6.07, 6.45) is 2.02. The van der Waals surface area contributed by atoms with Gasteiger partial charge in [0, 0.05) is 25.1 Å². The number of rotatable bonds is 8. The molecule has 0 radical (unpaired) electrons. The van der Waals surface area contributed by atoms with Crippen LogP contribution in [0.25, 0.3) is 0 Å². The first-order valence-corrected chi connectivity index (χ1v) is 9.92. The molecule has 1 saturated carbocycles. The molecular weight excluding hydrogens is 348 g/mol. The first kappa shape index (κ1) is 19.3. The number of amides is 1. The zero-order chi connectivity index (χ0) is 18.4. The van der Waals surface area contributed by atoms with Crippen LogP contribution in [0.4, 0.5) is 5.69 Å². The van der Waals surface area contributed by atoms with Crippen molar-refractivity contribution in [2.75, 3.05) is 12.3 Å². The number of sulfone groups is 1. The zero-order valence-electron chi connectivity index (χ0n) is 13.8. The highest BCUT2D eigenvalue weighted by Gasteiger charge is 2.28. The van der Waals surface area contributed by atoms with Gasteiger partial charge in [-0.05, 0) is 30.5 Å². The topological polar surface area (TPSA) is 127 Å². The number of carbonyl (C=O) groups excluding carboxylic acids is 1. The van der Waals surface area contributed by atoms with E-state index in [1.807, 2.05) is 0 Å². The van der Waals surface area contributed by atoms with E-state index in [1.54, 1.807) is 0 Å². The van der Waals surface area contributed by atoms with Crippen LogP contribution >= 0.6 is 0 Å². The van der Waals surface area contributed by atoms with Crippen molar-refractivity contribution in [1.29, 1.82) is 0 Å². The fourth-order valence-corrected chi connectivity index (χ4v) is 4.74. The molecule has 1 fully saturated rings. The molecule has 1 aliphatic rings. The van der Waals surface area contributed by atoms with Crippen LogP contribution in [-0.2, 0) is 14.6 Å². The molecule has 138 valence electrons. The van der Waals surface area contributed by atoms with E-state index in [9.17, 15) is 28.4 Å². The van der Waals surface area contributed by atoms with E-state index < -0.39 is 26.8 Å². The van der Waals surface area contributed by atoms with Gasteiger partial charge in [0.1, 0.15) is 0 Å². The van der Waals surface area contributed by atoms with Crippen LogP contribution in [0.3, 0.4) is 0 Å². The fourth-order valence-electron chi connectivity index (χ4n) is 2.88. The molecule has 0 heterocycles. The second-order valence-corrected chi connectivity index (χ2v) is 8.59. The molecule has 0 aromatic heterocycles. The first-order valence-electron chi connectivity index (χ1n) is 8.20. The number of aliphatic hydroxyl groups is 1. The second-order valence-electron chi connectivity index (χ2n) is 6.19. The van der Waals surface area contributed by atoms with E-state index in [0.717, 1.165) is 12.8 Å². The average molecular weight is 370 g/mol. The van der Waals surface area contributed by atoms with Crippen LogP contribution in [0.15, 0.2) is 24.3 Å². The van der Waals surface area contributed by atoms with E-state index >= 15 is 0 Å². The lowest BCUT2D eigenvalue weighted by Gasteiger charge is -2.13. The minimum atomic E-state index is -3.25. The Morgan fingerprint density at radius 1 is 1.28 bits per heavy atom. The van der Waals surface area contributed by atoms with Gasteiger partial charge in [-0.1, -0.05) is 12.8 Å². The predicted octanol–water partition coefficient (Wildman–Crippen LogP) is 1.49. The number of aliphatic hydroxyl groups excluding tert-OH is 1. The van der Waals surface area contributed by atoms with Crippen LogP contribution in [0.5, 0.6) is 0 Å². The first-order chi connectivity index (χ1) is 11.8. The molecule has 9 heteroatoms. The minimum absolute atomic E-state index is 0.0832. The number of nitro groups is 1. The van der Waals surface area contributed by atoms with Gasteiger partial charge in [-0.15, -0.1) is 0 Å². The summed E-state index contributed by atoms with van der Waals surface area (Å²) in [5.41, 5.74) is 0.349. The average Bonchev–Trinajstić information content (AvgIpc) is 3.13. The van der Waals surface area contributed by atoms with E-state index in [4.69, 9.17) is 0 Å². The highest BCUT2D eigenvalue weighted by Crippen LogP contribution is 2.25. The summed E-state index contributed by atoms with van der Waals surface area (Å²) in [5, 5.41) is 22.7. The van der Waals surface area contributed by atoms with Crippen LogP contribution in [0, 0.1) is 10.1 Å². The number of nitrogens with zero attached hydrogens (tertiary/aromatic N) is 1. The normalized spacial score (nSPS) is 16.5. The third-order valence-corrected chi connectivity index (χ3v) is 6.67. The van der Waals surface area contributed by atoms with Crippen molar-refractivity contribution in [3.63, 3.8) is 0 Å². The fraction of sp³-hybridized carbons (Fsp3) is 0.562. The van der Waals surface area contributed by atoms with Gasteiger partial charge in [0.15, 0.2) is 9.84 Å². The number of carbonyl (C=O) groups is 1. The van der Waals surface area contributed by atoms with Crippen molar-refractivity contribution in [2.24, 2.45) is 0 Å². The van der Waals surface area contributed by atoms with Gasteiger partial charge in [0.25, 0.3) is 5.69 Å². The molecule has 1 aromatic rings. The molecule has 25 heavy (non-hydrogen) atoms. The molecule has 8 nitrogen and oxygen atoms in total. The van der Waals surface area contributed by atoms with Crippen molar-refractivity contribution in [3.8, 4) is 0 Å². The summed E-state index contributed by atoms with van der Waals surface area (Å²) in [5.74, 6) is -0.626. The van der Waals surface area contributed by atoms with Gasteiger partial charge < -0.3 is 10.4 Å². The predicted molar refractivity (Wildman–Crippen MR) is 91.7 cm³/mol. The largest absolute Gasteiger partial charge is 0.387 e. The summed E-state index contributed by atoms with van der Waals surface area (Å²) in [6.45, 7) is -0.0832. The third kappa shape index (κ3) is 5.50. The quantitative estimate of drug-likeness (QED) is 0.527. The molecule has 1 aliphatic carbocycles. The summed E-state index contributed by atoms with van der Waals surface area (Å²) in [6, 6.07) is 5.38. The van der Waals surface area contributed by atoms with Gasteiger partial charge in [-0.2, -0.15) is 0 Å². The minimum Gasteiger partial charge on any atom is -0.387 e. The van der Waals surface area contributed by atoms with Gasteiger partial charge in [0.2, 0.25) is 5.91 Å². The summed E-state index contributed by atoms with van der Waals surface area (Å²) < 4.78 is 24.2. The lowest BCUT2D eigenvalue weighted by atomic mass is 10.1. The van der Waals surface area contributed by atoms with Crippen molar-refractivity contribution in [2.45, 2.75) is 43.5 Å². The van der Waals surface area contributed by atoms with Crippen molar-refractivity contribution in [3.05, 3.63) is 39.9 Å². The van der Waals surface area contributed by atoms with E-state index in [0.29, 0.717) is 18.4 Å². The Kier molecular flexibility index (Phi) is 6.49. The number of nitro benzene ring substituents is 1. The van der Waals surface area contributed by atoms with E-state index in [-0.39, 0.29) is 29.7 Å². The van der Waals surface area contributed by atoms with Crippen LogP contribution in [-0.4, -0.2) is 41.9 Å². The Hall–Kier alpha value is -2.00. The summed E-state index contributed by atoms with van der Waals surface area (Å²) >= 11 is 0. The maximum atomic E-state index is 12.1.